The van der Waals surface area contributed by atoms with Gasteiger partial charge in [-0.15, -0.1) is 0 Å². The number of likely N-dealkylation sites (N-methyl/N-ethyl adjacent to an activating group) is 1. The third kappa shape index (κ3) is 3.51. The van der Waals surface area contributed by atoms with Crippen molar-refractivity contribution in [2.75, 3.05) is 38.8 Å². The van der Waals surface area contributed by atoms with Gasteiger partial charge in [0.1, 0.15) is 0 Å². The van der Waals surface area contributed by atoms with Crippen LogP contribution >= 0.6 is 0 Å². The summed E-state index contributed by atoms with van der Waals surface area (Å²) in [7, 11) is 3.78. The molecular formula is C16H26N2O2. The molecule has 0 fully saturated rings. The third-order valence-electron chi connectivity index (χ3n) is 4.05. The van der Waals surface area contributed by atoms with E-state index in [0.29, 0.717) is 19.2 Å². The number of anilines is 1. The van der Waals surface area contributed by atoms with Crippen molar-refractivity contribution >= 4 is 5.69 Å². The van der Waals surface area contributed by atoms with E-state index in [1.807, 2.05) is 0 Å². The SMILES string of the molecule is CCC1CN(C)c2ccccc2CN1CC(O)COC. The van der Waals surface area contributed by atoms with Crippen LogP contribution in [0.3, 0.4) is 0 Å². The fraction of sp³-hybridized carbons (Fsp3) is 0.625. The number of aliphatic hydroxyl groups excluding tert-OH is 1. The molecule has 1 aliphatic rings. The Hall–Kier alpha value is -1.10. The van der Waals surface area contributed by atoms with Crippen molar-refractivity contribution in [1.29, 1.82) is 0 Å². The molecule has 0 aliphatic carbocycles. The first-order valence-corrected chi connectivity index (χ1v) is 7.35. The van der Waals surface area contributed by atoms with E-state index in [2.05, 4.69) is 48.0 Å². The number of benzene rings is 1. The number of methoxy groups -OCH3 is 1. The van der Waals surface area contributed by atoms with Crippen LogP contribution in [-0.2, 0) is 11.3 Å². The summed E-state index contributed by atoms with van der Waals surface area (Å²) >= 11 is 0. The highest BCUT2D eigenvalue weighted by Crippen LogP contribution is 2.27. The Morgan fingerprint density at radius 1 is 1.40 bits per heavy atom. The molecule has 0 spiro atoms. The molecular weight excluding hydrogens is 252 g/mol. The Morgan fingerprint density at radius 2 is 2.15 bits per heavy atom. The van der Waals surface area contributed by atoms with E-state index in [4.69, 9.17) is 4.74 Å². The second-order valence-electron chi connectivity index (χ2n) is 5.61. The zero-order valence-electron chi connectivity index (χ0n) is 12.7. The maximum absolute atomic E-state index is 10.0. The molecule has 0 saturated carbocycles. The van der Waals surface area contributed by atoms with Crippen LogP contribution in [0.5, 0.6) is 0 Å². The van der Waals surface area contributed by atoms with Crippen molar-refractivity contribution in [2.45, 2.75) is 32.0 Å². The lowest BCUT2D eigenvalue weighted by atomic mass is 10.1. The molecule has 0 radical (unpaired) electrons. The molecule has 0 saturated heterocycles. The predicted molar refractivity (Wildman–Crippen MR) is 82.1 cm³/mol. The summed E-state index contributed by atoms with van der Waals surface area (Å²) in [6.07, 6.45) is 0.655. The van der Waals surface area contributed by atoms with Crippen molar-refractivity contribution in [1.82, 2.24) is 4.90 Å². The molecule has 1 aliphatic heterocycles. The van der Waals surface area contributed by atoms with Gasteiger partial charge >= 0.3 is 0 Å². The monoisotopic (exact) mass is 278 g/mol. The Morgan fingerprint density at radius 3 is 2.85 bits per heavy atom. The summed E-state index contributed by atoms with van der Waals surface area (Å²) in [5.74, 6) is 0. The third-order valence-corrected chi connectivity index (χ3v) is 4.05. The Balaban J connectivity index is 2.18. The molecule has 1 N–H and O–H groups in total. The molecule has 2 atom stereocenters. The van der Waals surface area contributed by atoms with Gasteiger partial charge in [0.2, 0.25) is 0 Å². The summed E-state index contributed by atoms with van der Waals surface area (Å²) in [5, 5.41) is 10.0. The van der Waals surface area contributed by atoms with E-state index in [1.54, 1.807) is 7.11 Å². The molecule has 112 valence electrons. The first kappa shape index (κ1) is 15.3. The van der Waals surface area contributed by atoms with Crippen molar-refractivity contribution in [3.63, 3.8) is 0 Å². The van der Waals surface area contributed by atoms with Gasteiger partial charge in [0.15, 0.2) is 0 Å². The highest BCUT2D eigenvalue weighted by atomic mass is 16.5. The van der Waals surface area contributed by atoms with Crippen LogP contribution < -0.4 is 4.90 Å². The number of fused-ring (bicyclic) bond motifs is 1. The van der Waals surface area contributed by atoms with Gasteiger partial charge in [-0.3, -0.25) is 4.90 Å². The summed E-state index contributed by atoms with van der Waals surface area (Å²) in [6.45, 7) is 5.15. The molecule has 2 rings (SSSR count). The summed E-state index contributed by atoms with van der Waals surface area (Å²) in [6, 6.07) is 8.99. The van der Waals surface area contributed by atoms with Crippen LogP contribution in [0.25, 0.3) is 0 Å². The minimum absolute atomic E-state index is 0.393. The Labute approximate surface area is 122 Å². The van der Waals surface area contributed by atoms with Crippen LogP contribution in [0.15, 0.2) is 24.3 Å². The molecule has 2 unspecified atom stereocenters. The molecule has 4 nitrogen and oxygen atoms in total. The molecule has 0 bridgehead atoms. The fourth-order valence-electron chi connectivity index (χ4n) is 3.01. The standard InChI is InChI=1S/C16H26N2O2/c1-4-14-10-17(2)16-8-6-5-7-13(16)9-18(14)11-15(19)12-20-3/h5-8,14-15,19H,4,9-12H2,1-3H3. The number of nitrogens with zero attached hydrogens (tertiary/aromatic N) is 2. The van der Waals surface area contributed by atoms with E-state index in [1.165, 1.54) is 11.3 Å². The molecule has 1 heterocycles. The van der Waals surface area contributed by atoms with Gasteiger partial charge in [0, 0.05) is 45.5 Å². The zero-order chi connectivity index (χ0) is 14.5. The average Bonchev–Trinajstić information content (AvgIpc) is 2.57. The first-order chi connectivity index (χ1) is 9.65. The number of para-hydroxylation sites is 1. The minimum atomic E-state index is -0.426. The minimum Gasteiger partial charge on any atom is -0.389 e. The summed E-state index contributed by atoms with van der Waals surface area (Å²) in [4.78, 5) is 4.71. The second-order valence-corrected chi connectivity index (χ2v) is 5.61. The number of ether oxygens (including phenoxy) is 1. The van der Waals surface area contributed by atoms with E-state index in [0.717, 1.165) is 19.5 Å². The van der Waals surface area contributed by atoms with Gasteiger partial charge in [-0.2, -0.15) is 0 Å². The van der Waals surface area contributed by atoms with Gasteiger partial charge in [-0.25, -0.2) is 0 Å². The van der Waals surface area contributed by atoms with Crippen LogP contribution in [0.4, 0.5) is 5.69 Å². The largest absolute Gasteiger partial charge is 0.389 e. The number of hydrogen-bond donors (Lipinski definition) is 1. The van der Waals surface area contributed by atoms with E-state index in [-0.39, 0.29) is 0 Å². The summed E-state index contributed by atoms with van der Waals surface area (Å²) in [5.41, 5.74) is 2.63. The highest BCUT2D eigenvalue weighted by Gasteiger charge is 2.26. The molecule has 4 heteroatoms. The van der Waals surface area contributed by atoms with Crippen molar-refractivity contribution in [2.24, 2.45) is 0 Å². The number of hydrogen-bond acceptors (Lipinski definition) is 4. The molecule has 0 aromatic heterocycles. The first-order valence-electron chi connectivity index (χ1n) is 7.35. The molecule has 1 aromatic carbocycles. The van der Waals surface area contributed by atoms with Gasteiger partial charge in [-0.1, -0.05) is 25.1 Å². The van der Waals surface area contributed by atoms with Gasteiger partial charge in [0.25, 0.3) is 0 Å². The predicted octanol–water partition coefficient (Wildman–Crippen LogP) is 1.72. The van der Waals surface area contributed by atoms with Gasteiger partial charge < -0.3 is 14.7 Å². The van der Waals surface area contributed by atoms with Crippen LogP contribution in [0, 0.1) is 0 Å². The normalized spacial score (nSPS) is 21.4. The lowest BCUT2D eigenvalue weighted by Gasteiger charge is -2.32. The maximum atomic E-state index is 10.0. The van der Waals surface area contributed by atoms with E-state index < -0.39 is 6.10 Å². The number of rotatable bonds is 5. The number of aliphatic hydroxyl groups is 1. The Kier molecular flexibility index (Phi) is 5.40. The van der Waals surface area contributed by atoms with E-state index >= 15 is 0 Å². The molecule has 1 aromatic rings. The Bertz CT molecular complexity index is 425. The van der Waals surface area contributed by atoms with Crippen LogP contribution in [0.2, 0.25) is 0 Å². The maximum Gasteiger partial charge on any atom is 0.0900 e. The quantitative estimate of drug-likeness (QED) is 0.890. The smallest absolute Gasteiger partial charge is 0.0900 e. The van der Waals surface area contributed by atoms with Crippen molar-refractivity contribution in [3.05, 3.63) is 29.8 Å². The van der Waals surface area contributed by atoms with Gasteiger partial charge in [0.05, 0.1) is 12.7 Å². The molecule has 0 amide bonds. The van der Waals surface area contributed by atoms with Crippen LogP contribution in [0.1, 0.15) is 18.9 Å². The van der Waals surface area contributed by atoms with Crippen molar-refractivity contribution in [3.8, 4) is 0 Å². The van der Waals surface area contributed by atoms with Gasteiger partial charge in [-0.05, 0) is 18.1 Å². The lowest BCUT2D eigenvalue weighted by molar-refractivity contribution is 0.0250. The summed E-state index contributed by atoms with van der Waals surface area (Å²) < 4.78 is 5.05. The zero-order valence-corrected chi connectivity index (χ0v) is 12.7. The molecule has 20 heavy (non-hydrogen) atoms. The van der Waals surface area contributed by atoms with Crippen LogP contribution in [-0.4, -0.2) is 56.0 Å². The average molecular weight is 278 g/mol. The van der Waals surface area contributed by atoms with E-state index in [9.17, 15) is 5.11 Å². The lowest BCUT2D eigenvalue weighted by Crippen LogP contribution is -2.44. The second kappa shape index (κ2) is 7.07. The number of β-amino-alcohol motifs (C(OH)–C–C–N with tert-alkyl or cyclic N) is 1. The highest BCUT2D eigenvalue weighted by molar-refractivity contribution is 5.54. The van der Waals surface area contributed by atoms with Crippen molar-refractivity contribution < 1.29 is 9.84 Å². The topological polar surface area (TPSA) is 35.9 Å². The fourth-order valence-corrected chi connectivity index (χ4v) is 3.01.